The number of carbonyl (C=O) groups excluding carboxylic acids is 1. The highest BCUT2D eigenvalue weighted by Crippen LogP contribution is 2.17. The summed E-state index contributed by atoms with van der Waals surface area (Å²) in [7, 11) is -2.97. The number of hydrogen-bond donors (Lipinski definition) is 1. The summed E-state index contributed by atoms with van der Waals surface area (Å²) in [5.41, 5.74) is -0.528. The quantitative estimate of drug-likeness (QED) is 0.770. The lowest BCUT2D eigenvalue weighted by molar-refractivity contribution is -0.0355. The van der Waals surface area contributed by atoms with Gasteiger partial charge < -0.3 is 19.7 Å². The van der Waals surface area contributed by atoms with E-state index >= 15 is 0 Å². The van der Waals surface area contributed by atoms with Crippen LogP contribution in [0.5, 0.6) is 0 Å². The first kappa shape index (κ1) is 20.2. The largest absolute Gasteiger partial charge is 0.444 e. The van der Waals surface area contributed by atoms with Crippen LogP contribution in [0.15, 0.2) is 0 Å². The topological polar surface area (TPSA) is 84.9 Å². The highest BCUT2D eigenvalue weighted by atomic mass is 32.2. The van der Waals surface area contributed by atoms with Crippen LogP contribution in [-0.2, 0) is 19.3 Å². The zero-order valence-electron chi connectivity index (χ0n) is 14.8. The number of nitrogens with zero attached hydrogens (tertiary/aromatic N) is 1. The van der Waals surface area contributed by atoms with Crippen LogP contribution in [0, 0.1) is 0 Å². The molecule has 7 nitrogen and oxygen atoms in total. The van der Waals surface area contributed by atoms with Gasteiger partial charge in [-0.25, -0.2) is 13.2 Å². The van der Waals surface area contributed by atoms with Crippen molar-refractivity contribution in [3.05, 3.63) is 0 Å². The van der Waals surface area contributed by atoms with Gasteiger partial charge in [0.15, 0.2) is 0 Å². The zero-order valence-corrected chi connectivity index (χ0v) is 15.6. The molecular formula is C15H30N2O5S. The predicted octanol–water partition coefficient (Wildman–Crippen LogP) is 1.04. The maximum Gasteiger partial charge on any atom is 0.410 e. The first-order chi connectivity index (χ1) is 10.5. The van der Waals surface area contributed by atoms with Gasteiger partial charge in [0, 0.05) is 25.4 Å². The summed E-state index contributed by atoms with van der Waals surface area (Å²) in [6, 6.07) is 0.00715. The molecule has 23 heavy (non-hydrogen) atoms. The van der Waals surface area contributed by atoms with Crippen molar-refractivity contribution in [2.24, 2.45) is 0 Å². The molecule has 0 aromatic rings. The van der Waals surface area contributed by atoms with E-state index in [2.05, 4.69) is 5.32 Å². The Balaban J connectivity index is 2.52. The van der Waals surface area contributed by atoms with Crippen molar-refractivity contribution >= 4 is 15.9 Å². The van der Waals surface area contributed by atoms with Crippen LogP contribution < -0.4 is 5.32 Å². The first-order valence-electron chi connectivity index (χ1n) is 7.96. The molecule has 1 aliphatic heterocycles. The number of amides is 1. The number of hydrogen-bond acceptors (Lipinski definition) is 6. The van der Waals surface area contributed by atoms with Gasteiger partial charge in [-0.15, -0.1) is 0 Å². The van der Waals surface area contributed by atoms with Gasteiger partial charge >= 0.3 is 6.09 Å². The van der Waals surface area contributed by atoms with Crippen LogP contribution >= 0.6 is 0 Å². The lowest BCUT2D eigenvalue weighted by atomic mass is 10.1. The lowest BCUT2D eigenvalue weighted by Gasteiger charge is -2.37. The molecule has 1 N–H and O–H groups in total. The molecule has 1 rings (SSSR count). The van der Waals surface area contributed by atoms with Crippen LogP contribution in [0.2, 0.25) is 0 Å². The maximum atomic E-state index is 12.3. The number of rotatable bonds is 6. The van der Waals surface area contributed by atoms with Gasteiger partial charge in [0.1, 0.15) is 15.4 Å². The van der Waals surface area contributed by atoms with E-state index in [0.717, 1.165) is 0 Å². The summed E-state index contributed by atoms with van der Waals surface area (Å²) in [5.74, 6) is 0.105. The molecule has 0 aromatic heterocycles. The second-order valence-electron chi connectivity index (χ2n) is 7.12. The fraction of sp³-hybridized carbons (Fsp3) is 0.933. The number of morpholine rings is 1. The predicted molar refractivity (Wildman–Crippen MR) is 89.3 cm³/mol. The third kappa shape index (κ3) is 8.53. The molecule has 0 saturated carbocycles. The maximum absolute atomic E-state index is 12.3. The molecule has 1 fully saturated rings. The van der Waals surface area contributed by atoms with Gasteiger partial charge in [-0.1, -0.05) is 0 Å². The summed E-state index contributed by atoms with van der Waals surface area (Å²) in [4.78, 5) is 14.0. The fourth-order valence-electron chi connectivity index (χ4n) is 2.39. The van der Waals surface area contributed by atoms with E-state index in [1.165, 1.54) is 6.26 Å². The molecule has 1 aliphatic rings. The van der Waals surface area contributed by atoms with Crippen LogP contribution in [0.3, 0.4) is 0 Å². The van der Waals surface area contributed by atoms with E-state index in [9.17, 15) is 13.2 Å². The van der Waals surface area contributed by atoms with Gasteiger partial charge in [-0.2, -0.15) is 0 Å². The van der Waals surface area contributed by atoms with Crippen molar-refractivity contribution in [3.8, 4) is 0 Å². The second kappa shape index (κ2) is 8.30. The molecule has 1 saturated heterocycles. The normalized spacial score (nSPS) is 21.1. The van der Waals surface area contributed by atoms with E-state index in [4.69, 9.17) is 9.47 Å². The first-order valence-corrected chi connectivity index (χ1v) is 10.0. The van der Waals surface area contributed by atoms with Crippen LogP contribution in [0.25, 0.3) is 0 Å². The molecule has 1 heterocycles. The van der Waals surface area contributed by atoms with E-state index in [-0.39, 0.29) is 23.9 Å². The number of nitrogens with one attached hydrogen (secondary N) is 1. The Labute approximate surface area is 139 Å². The molecule has 2 atom stereocenters. The number of sulfone groups is 1. The second-order valence-corrected chi connectivity index (χ2v) is 9.38. The Morgan fingerprint density at radius 3 is 2.65 bits per heavy atom. The van der Waals surface area contributed by atoms with Gasteiger partial charge in [-0.3, -0.25) is 0 Å². The summed E-state index contributed by atoms with van der Waals surface area (Å²) < 4.78 is 33.2. The average Bonchev–Trinajstić information content (AvgIpc) is 2.35. The third-order valence-electron chi connectivity index (χ3n) is 3.45. The Morgan fingerprint density at radius 2 is 2.09 bits per heavy atom. The Kier molecular flexibility index (Phi) is 7.29. The molecule has 2 unspecified atom stereocenters. The molecule has 136 valence electrons. The molecule has 0 aromatic carbocycles. The molecule has 1 amide bonds. The summed E-state index contributed by atoms with van der Waals surface area (Å²) >= 11 is 0. The van der Waals surface area contributed by atoms with Gasteiger partial charge in [0.05, 0.1) is 25.0 Å². The van der Waals surface area contributed by atoms with Crippen LogP contribution in [-0.4, -0.2) is 75.4 Å². The highest BCUT2D eigenvalue weighted by molar-refractivity contribution is 7.90. The van der Waals surface area contributed by atoms with Crippen molar-refractivity contribution in [2.45, 2.75) is 51.8 Å². The molecule has 0 aliphatic carbocycles. The Bertz CT molecular complexity index is 487. The minimum absolute atomic E-state index is 0.0701. The molecule has 0 spiro atoms. The van der Waals surface area contributed by atoms with Gasteiger partial charge in [0.25, 0.3) is 0 Å². The van der Waals surface area contributed by atoms with E-state index in [1.807, 2.05) is 27.7 Å². The molecule has 0 bridgehead atoms. The van der Waals surface area contributed by atoms with Gasteiger partial charge in [-0.05, 0) is 34.1 Å². The van der Waals surface area contributed by atoms with Crippen molar-refractivity contribution < 1.29 is 22.7 Å². The van der Waals surface area contributed by atoms with E-state index in [1.54, 1.807) is 4.90 Å². The van der Waals surface area contributed by atoms with Crippen molar-refractivity contribution in [2.75, 3.05) is 38.3 Å². The molecule has 8 heteroatoms. The Hall–Kier alpha value is -0.860. The lowest BCUT2D eigenvalue weighted by Crippen LogP contribution is -2.52. The smallest absolute Gasteiger partial charge is 0.410 e. The summed E-state index contributed by atoms with van der Waals surface area (Å²) in [5, 5.41) is 3.18. The number of carbonyl (C=O) groups is 1. The molecule has 0 radical (unpaired) electrons. The minimum atomic E-state index is -2.97. The van der Waals surface area contributed by atoms with Crippen molar-refractivity contribution in [1.29, 1.82) is 0 Å². The van der Waals surface area contributed by atoms with E-state index in [0.29, 0.717) is 32.7 Å². The van der Waals surface area contributed by atoms with Gasteiger partial charge in [0.2, 0.25) is 0 Å². The monoisotopic (exact) mass is 350 g/mol. The Morgan fingerprint density at radius 1 is 1.43 bits per heavy atom. The van der Waals surface area contributed by atoms with Crippen molar-refractivity contribution in [1.82, 2.24) is 10.2 Å². The highest BCUT2D eigenvalue weighted by Gasteiger charge is 2.31. The summed E-state index contributed by atoms with van der Waals surface area (Å²) in [6.07, 6.45) is 1.58. The van der Waals surface area contributed by atoms with Crippen LogP contribution in [0.1, 0.15) is 34.1 Å². The molecular weight excluding hydrogens is 320 g/mol. The average molecular weight is 350 g/mol. The number of ether oxygens (including phenoxy) is 2. The van der Waals surface area contributed by atoms with Crippen LogP contribution in [0.4, 0.5) is 4.79 Å². The fourth-order valence-corrected chi connectivity index (χ4v) is 2.88. The summed E-state index contributed by atoms with van der Waals surface area (Å²) in [6.45, 7) is 9.39. The van der Waals surface area contributed by atoms with Crippen molar-refractivity contribution in [3.63, 3.8) is 0 Å². The van der Waals surface area contributed by atoms with E-state index < -0.39 is 15.4 Å². The third-order valence-corrected chi connectivity index (χ3v) is 4.39. The standard InChI is InChI=1S/C15H30N2O5S/c1-12(16-6-9-23(5,19)20)10-13-11-21-8-7-17(13)14(18)22-15(2,3)4/h12-13,16H,6-11H2,1-5H3. The zero-order chi connectivity index (χ0) is 17.7. The SMILES string of the molecule is CC(CC1COCCN1C(=O)OC(C)(C)C)NCCS(C)(=O)=O. The minimum Gasteiger partial charge on any atom is -0.444 e.